The fourth-order valence-corrected chi connectivity index (χ4v) is 7.76. The molecule has 1 aromatic rings. The van der Waals surface area contributed by atoms with Gasteiger partial charge in [-0.25, -0.2) is 0 Å². The van der Waals surface area contributed by atoms with E-state index in [1.165, 1.54) is 5.57 Å². The third-order valence-electron chi connectivity index (χ3n) is 9.02. The Morgan fingerprint density at radius 1 is 1.18 bits per heavy atom. The van der Waals surface area contributed by atoms with Gasteiger partial charge in [0.1, 0.15) is 11.7 Å². The molecule has 28 heavy (non-hydrogen) atoms. The second-order valence-electron chi connectivity index (χ2n) is 9.86. The Bertz CT molecular complexity index is 866. The zero-order valence-corrected chi connectivity index (χ0v) is 16.6. The van der Waals surface area contributed by atoms with Crippen LogP contribution in [0.4, 0.5) is 0 Å². The Kier molecular flexibility index (Phi) is 3.85. The largest absolute Gasteiger partial charge is 0.481 e. The maximum Gasteiger partial charge on any atom is 0.314 e. The van der Waals surface area contributed by atoms with Crippen LogP contribution in [0.5, 0.6) is 0 Å². The Morgan fingerprint density at radius 3 is 2.71 bits per heavy atom. The van der Waals surface area contributed by atoms with Gasteiger partial charge in [-0.15, -0.1) is 0 Å². The van der Waals surface area contributed by atoms with Crippen molar-refractivity contribution in [2.75, 3.05) is 0 Å². The van der Waals surface area contributed by atoms with Crippen LogP contribution in [-0.4, -0.2) is 26.8 Å². The van der Waals surface area contributed by atoms with Crippen LogP contribution in [0.25, 0.3) is 5.57 Å². The summed E-state index contributed by atoms with van der Waals surface area (Å²) in [5.41, 5.74) is 1.98. The van der Waals surface area contributed by atoms with Crippen LogP contribution in [-0.2, 0) is 9.59 Å². The SMILES string of the molecule is CC12CCC3C(CCC4CC(=O)C(C(=O)O)C43C)C1CC=C2c1cnccn1. The molecule has 7 unspecified atom stereocenters. The number of fused-ring (bicyclic) bond motifs is 5. The number of nitrogens with zero attached hydrogens (tertiary/aromatic N) is 2. The van der Waals surface area contributed by atoms with Crippen LogP contribution in [0.15, 0.2) is 24.7 Å². The number of allylic oxidation sites excluding steroid dienone is 2. The number of ketones is 1. The van der Waals surface area contributed by atoms with Crippen molar-refractivity contribution < 1.29 is 14.7 Å². The molecule has 148 valence electrons. The summed E-state index contributed by atoms with van der Waals surface area (Å²) in [5.74, 6) is -0.215. The number of hydrogen-bond acceptors (Lipinski definition) is 4. The van der Waals surface area contributed by atoms with Crippen molar-refractivity contribution in [2.24, 2.45) is 40.4 Å². The Balaban J connectivity index is 1.50. The average Bonchev–Trinajstić information content (AvgIpc) is 3.15. The zero-order chi connectivity index (χ0) is 19.7. The molecule has 1 N–H and O–H groups in total. The summed E-state index contributed by atoms with van der Waals surface area (Å²) in [4.78, 5) is 33.4. The maximum atomic E-state index is 12.6. The van der Waals surface area contributed by atoms with Crippen LogP contribution in [0.3, 0.4) is 0 Å². The fourth-order valence-electron chi connectivity index (χ4n) is 7.76. The molecule has 0 spiro atoms. The molecule has 0 amide bonds. The number of aliphatic carboxylic acids is 1. The number of carbonyl (C=O) groups excluding carboxylic acids is 1. The summed E-state index contributed by atoms with van der Waals surface area (Å²) < 4.78 is 0. The highest BCUT2D eigenvalue weighted by Gasteiger charge is 2.65. The van der Waals surface area contributed by atoms with E-state index >= 15 is 0 Å². The number of carboxylic acid groups (broad SMARTS) is 1. The van der Waals surface area contributed by atoms with E-state index in [4.69, 9.17) is 0 Å². The van der Waals surface area contributed by atoms with Gasteiger partial charge in [0.2, 0.25) is 0 Å². The van der Waals surface area contributed by atoms with Gasteiger partial charge in [-0.3, -0.25) is 19.6 Å². The molecular formula is C23H28N2O3. The smallest absolute Gasteiger partial charge is 0.314 e. The summed E-state index contributed by atoms with van der Waals surface area (Å²) >= 11 is 0. The van der Waals surface area contributed by atoms with E-state index in [1.54, 1.807) is 12.4 Å². The molecule has 0 aromatic carbocycles. The normalized spacial score (nSPS) is 44.4. The third-order valence-corrected chi connectivity index (χ3v) is 9.02. The Hall–Kier alpha value is -2.04. The Morgan fingerprint density at radius 2 is 2.00 bits per heavy atom. The second kappa shape index (κ2) is 5.98. The lowest BCUT2D eigenvalue weighted by atomic mass is 9.46. The fraction of sp³-hybridized carbons (Fsp3) is 0.652. The van der Waals surface area contributed by atoms with E-state index in [-0.39, 0.29) is 22.5 Å². The van der Waals surface area contributed by atoms with Gasteiger partial charge in [0.25, 0.3) is 0 Å². The molecule has 4 aliphatic carbocycles. The molecule has 0 radical (unpaired) electrons. The van der Waals surface area contributed by atoms with E-state index < -0.39 is 11.9 Å². The molecule has 1 aromatic heterocycles. The topological polar surface area (TPSA) is 80.2 Å². The molecule has 3 fully saturated rings. The first-order valence-electron chi connectivity index (χ1n) is 10.6. The van der Waals surface area contributed by atoms with Crippen molar-refractivity contribution in [3.05, 3.63) is 30.4 Å². The van der Waals surface area contributed by atoms with Gasteiger partial charge >= 0.3 is 5.97 Å². The van der Waals surface area contributed by atoms with Crippen LogP contribution >= 0.6 is 0 Å². The molecular weight excluding hydrogens is 352 g/mol. The minimum atomic E-state index is -0.909. The molecule has 7 atom stereocenters. The predicted molar refractivity (Wildman–Crippen MR) is 104 cm³/mol. The first-order valence-corrected chi connectivity index (χ1v) is 10.6. The van der Waals surface area contributed by atoms with Crippen LogP contribution in [0.2, 0.25) is 0 Å². The highest BCUT2D eigenvalue weighted by Crippen LogP contribution is 2.68. The highest BCUT2D eigenvalue weighted by atomic mass is 16.4. The summed E-state index contributed by atoms with van der Waals surface area (Å²) in [6.45, 7) is 4.48. The van der Waals surface area contributed by atoms with Gasteiger partial charge < -0.3 is 5.11 Å². The van der Waals surface area contributed by atoms with Gasteiger partial charge in [0.15, 0.2) is 0 Å². The van der Waals surface area contributed by atoms with E-state index in [9.17, 15) is 14.7 Å². The van der Waals surface area contributed by atoms with Crippen molar-refractivity contribution >= 4 is 17.3 Å². The monoisotopic (exact) mass is 380 g/mol. The van der Waals surface area contributed by atoms with Gasteiger partial charge in [0.05, 0.1) is 11.9 Å². The number of Topliss-reactive ketones (excluding diaryl/α,β-unsaturated/α-hetero) is 1. The van der Waals surface area contributed by atoms with E-state index in [1.807, 2.05) is 6.20 Å². The van der Waals surface area contributed by atoms with Crippen LogP contribution < -0.4 is 0 Å². The quantitative estimate of drug-likeness (QED) is 0.785. The summed E-state index contributed by atoms with van der Waals surface area (Å²) in [6, 6.07) is 0. The number of rotatable bonds is 2. The van der Waals surface area contributed by atoms with Crippen molar-refractivity contribution in [1.82, 2.24) is 9.97 Å². The lowest BCUT2D eigenvalue weighted by molar-refractivity contribution is -0.157. The Labute approximate surface area is 165 Å². The summed E-state index contributed by atoms with van der Waals surface area (Å²) in [5, 5.41) is 9.86. The first-order chi connectivity index (χ1) is 13.4. The van der Waals surface area contributed by atoms with Crippen molar-refractivity contribution in [1.29, 1.82) is 0 Å². The molecule has 0 saturated heterocycles. The number of carbonyl (C=O) groups is 2. The minimum Gasteiger partial charge on any atom is -0.481 e. The summed E-state index contributed by atoms with van der Waals surface area (Å²) in [6.07, 6.45) is 13.3. The molecule has 0 aliphatic heterocycles. The van der Waals surface area contributed by atoms with E-state index in [2.05, 4.69) is 29.9 Å². The summed E-state index contributed by atoms with van der Waals surface area (Å²) in [7, 11) is 0. The molecule has 4 aliphatic rings. The minimum absolute atomic E-state index is 0.0428. The lowest BCUT2D eigenvalue weighted by Crippen LogP contribution is -2.53. The molecule has 5 nitrogen and oxygen atoms in total. The van der Waals surface area contributed by atoms with Crippen molar-refractivity contribution in [2.45, 2.75) is 52.4 Å². The molecule has 1 heterocycles. The van der Waals surface area contributed by atoms with Crippen molar-refractivity contribution in [3.8, 4) is 0 Å². The molecule has 0 bridgehead atoms. The predicted octanol–water partition coefficient (Wildman–Crippen LogP) is 4.00. The van der Waals surface area contributed by atoms with Gasteiger partial charge in [0, 0.05) is 18.8 Å². The van der Waals surface area contributed by atoms with E-state index in [0.717, 1.165) is 37.8 Å². The number of hydrogen-bond donors (Lipinski definition) is 1. The molecule has 5 rings (SSSR count). The molecule has 3 saturated carbocycles. The number of aromatic nitrogens is 2. The van der Waals surface area contributed by atoms with Crippen LogP contribution in [0.1, 0.15) is 58.1 Å². The van der Waals surface area contributed by atoms with Gasteiger partial charge in [-0.1, -0.05) is 19.9 Å². The average molecular weight is 380 g/mol. The third kappa shape index (κ3) is 2.19. The standard InChI is InChI=1S/C23H28N2O3/c1-22-8-7-16-14(15(22)5-6-17(22)18-12-24-9-10-25-18)4-3-13-11-19(26)20(21(27)28)23(13,16)2/h6,9-10,12-16,20H,3-5,7-8,11H2,1-2H3,(H,27,28). The lowest BCUT2D eigenvalue weighted by Gasteiger charge is -2.57. The first kappa shape index (κ1) is 18.0. The van der Waals surface area contributed by atoms with Crippen molar-refractivity contribution in [3.63, 3.8) is 0 Å². The second-order valence-corrected chi connectivity index (χ2v) is 9.86. The zero-order valence-electron chi connectivity index (χ0n) is 16.6. The maximum absolute atomic E-state index is 12.6. The van der Waals surface area contributed by atoms with Crippen LogP contribution in [0, 0.1) is 40.4 Å². The van der Waals surface area contributed by atoms with E-state index in [0.29, 0.717) is 24.2 Å². The number of carboxylic acids is 1. The highest BCUT2D eigenvalue weighted by molar-refractivity contribution is 6.01. The molecule has 5 heteroatoms. The van der Waals surface area contributed by atoms with Gasteiger partial charge in [-0.2, -0.15) is 0 Å². The van der Waals surface area contributed by atoms with Gasteiger partial charge in [-0.05, 0) is 72.2 Å².